The zero-order chi connectivity index (χ0) is 19.1. The van der Waals surface area contributed by atoms with Crippen molar-refractivity contribution >= 4 is 23.0 Å². The molecule has 1 aromatic carbocycles. The number of aryl methyl sites for hydroxylation is 1. The van der Waals surface area contributed by atoms with Crippen molar-refractivity contribution in [2.75, 3.05) is 7.05 Å². The van der Waals surface area contributed by atoms with E-state index in [1.54, 1.807) is 18.4 Å². The van der Waals surface area contributed by atoms with Gasteiger partial charge in [-0.25, -0.2) is 0 Å². The zero-order valence-electron chi connectivity index (χ0n) is 15.0. The summed E-state index contributed by atoms with van der Waals surface area (Å²) in [5, 5.41) is 22.2. The highest BCUT2D eigenvalue weighted by Gasteiger charge is 2.33. The van der Waals surface area contributed by atoms with Crippen LogP contribution in [-0.4, -0.2) is 46.1 Å². The van der Waals surface area contributed by atoms with Crippen molar-refractivity contribution < 1.29 is 19.8 Å². The van der Waals surface area contributed by atoms with Crippen LogP contribution in [0.1, 0.15) is 36.2 Å². The standard InChI is InChI=1S/C20H25NO4S/c1-14(15-8-4-3-5-9-15)21(2)20(25)19(24)18(23)17(22)12-6-10-16-11-7-13-26-16/h3-5,7-9,11,13-14,18-19,23-24H,6,10,12H2,1-2H3/t14-,18+,19-/m1/s1. The molecule has 0 saturated carbocycles. The molecule has 140 valence electrons. The van der Waals surface area contributed by atoms with Crippen LogP contribution < -0.4 is 0 Å². The van der Waals surface area contributed by atoms with Crippen LogP contribution in [-0.2, 0) is 16.0 Å². The molecule has 0 radical (unpaired) electrons. The molecule has 0 spiro atoms. The van der Waals surface area contributed by atoms with E-state index in [1.165, 1.54) is 9.78 Å². The maximum atomic E-state index is 12.4. The van der Waals surface area contributed by atoms with Gasteiger partial charge in [-0.1, -0.05) is 36.4 Å². The van der Waals surface area contributed by atoms with Gasteiger partial charge < -0.3 is 15.1 Å². The van der Waals surface area contributed by atoms with Crippen molar-refractivity contribution in [2.24, 2.45) is 0 Å². The Morgan fingerprint density at radius 1 is 1.08 bits per heavy atom. The highest BCUT2D eigenvalue weighted by Crippen LogP contribution is 2.20. The Morgan fingerprint density at radius 2 is 1.77 bits per heavy atom. The summed E-state index contributed by atoms with van der Waals surface area (Å²) < 4.78 is 0. The molecular formula is C20H25NO4S. The molecule has 2 aromatic rings. The average Bonchev–Trinajstić information content (AvgIpc) is 3.19. The minimum Gasteiger partial charge on any atom is -0.382 e. The van der Waals surface area contributed by atoms with Gasteiger partial charge in [0.05, 0.1) is 6.04 Å². The third-order valence-corrected chi connectivity index (χ3v) is 5.46. The molecule has 0 aliphatic carbocycles. The zero-order valence-corrected chi connectivity index (χ0v) is 15.9. The molecule has 2 N–H and O–H groups in total. The van der Waals surface area contributed by atoms with E-state index in [9.17, 15) is 19.8 Å². The normalized spacial score (nSPS) is 14.5. The number of hydrogen-bond acceptors (Lipinski definition) is 5. The summed E-state index contributed by atoms with van der Waals surface area (Å²) in [6, 6.07) is 13.0. The fourth-order valence-electron chi connectivity index (χ4n) is 2.71. The Labute approximate surface area is 157 Å². The number of ketones is 1. The monoisotopic (exact) mass is 375 g/mol. The van der Waals surface area contributed by atoms with E-state index >= 15 is 0 Å². The van der Waals surface area contributed by atoms with Crippen molar-refractivity contribution in [1.29, 1.82) is 0 Å². The van der Waals surface area contributed by atoms with Gasteiger partial charge in [0.2, 0.25) is 0 Å². The third kappa shape index (κ3) is 5.24. The first-order valence-electron chi connectivity index (χ1n) is 8.64. The topological polar surface area (TPSA) is 77.8 Å². The fraction of sp³-hybridized carbons (Fsp3) is 0.400. The van der Waals surface area contributed by atoms with Crippen molar-refractivity contribution in [3.05, 3.63) is 58.3 Å². The number of rotatable bonds is 9. The van der Waals surface area contributed by atoms with Gasteiger partial charge in [-0.3, -0.25) is 9.59 Å². The Hall–Kier alpha value is -2.02. The molecule has 26 heavy (non-hydrogen) atoms. The second-order valence-electron chi connectivity index (χ2n) is 6.32. The number of Topliss-reactive ketones (excluding diaryl/α,β-unsaturated/α-hetero) is 1. The molecule has 0 bridgehead atoms. The second-order valence-corrected chi connectivity index (χ2v) is 7.36. The smallest absolute Gasteiger partial charge is 0.254 e. The minimum absolute atomic E-state index is 0.126. The molecule has 1 heterocycles. The second kappa shape index (κ2) is 9.62. The number of aliphatic hydroxyl groups excluding tert-OH is 2. The van der Waals surface area contributed by atoms with Gasteiger partial charge in [-0.2, -0.15) is 0 Å². The SMILES string of the molecule is C[C@H](c1ccccc1)N(C)C(=O)[C@H](O)[C@@H](O)C(=O)CCCc1cccs1. The van der Waals surface area contributed by atoms with Crippen molar-refractivity contribution in [3.63, 3.8) is 0 Å². The number of carbonyl (C=O) groups excluding carboxylic acids is 2. The van der Waals surface area contributed by atoms with E-state index in [-0.39, 0.29) is 12.5 Å². The van der Waals surface area contributed by atoms with Crippen molar-refractivity contribution in [1.82, 2.24) is 4.90 Å². The maximum Gasteiger partial charge on any atom is 0.254 e. The fourth-order valence-corrected chi connectivity index (χ4v) is 3.46. The number of hydrogen-bond donors (Lipinski definition) is 2. The highest BCUT2D eigenvalue weighted by atomic mass is 32.1. The van der Waals surface area contributed by atoms with Gasteiger partial charge in [0, 0.05) is 18.3 Å². The van der Waals surface area contributed by atoms with Gasteiger partial charge in [0.15, 0.2) is 11.9 Å². The van der Waals surface area contributed by atoms with Crippen molar-refractivity contribution in [2.45, 2.75) is 44.4 Å². The Balaban J connectivity index is 1.87. The number of carbonyl (C=O) groups is 2. The summed E-state index contributed by atoms with van der Waals surface area (Å²) in [4.78, 5) is 27.0. The molecular weight excluding hydrogens is 350 g/mol. The first-order chi connectivity index (χ1) is 12.4. The lowest BCUT2D eigenvalue weighted by molar-refractivity contribution is -0.152. The van der Waals surface area contributed by atoms with Crippen LogP contribution in [0.2, 0.25) is 0 Å². The first kappa shape index (κ1) is 20.3. The summed E-state index contributed by atoms with van der Waals surface area (Å²) in [5.41, 5.74) is 0.910. The molecule has 0 saturated heterocycles. The predicted molar refractivity (Wildman–Crippen MR) is 102 cm³/mol. The molecule has 1 amide bonds. The number of likely N-dealkylation sites (N-methyl/N-ethyl adjacent to an activating group) is 1. The van der Waals surface area contributed by atoms with Crippen LogP contribution in [0, 0.1) is 0 Å². The van der Waals surface area contributed by atoms with Gasteiger partial charge in [0.1, 0.15) is 6.10 Å². The molecule has 2 rings (SSSR count). The van der Waals surface area contributed by atoms with E-state index in [2.05, 4.69) is 0 Å². The number of benzene rings is 1. The number of thiophene rings is 1. The molecule has 3 atom stereocenters. The minimum atomic E-state index is -1.75. The number of amides is 1. The highest BCUT2D eigenvalue weighted by molar-refractivity contribution is 7.09. The van der Waals surface area contributed by atoms with Gasteiger partial charge in [-0.15, -0.1) is 11.3 Å². The van der Waals surface area contributed by atoms with E-state index in [1.807, 2.05) is 54.8 Å². The van der Waals surface area contributed by atoms with Gasteiger partial charge in [0.25, 0.3) is 5.91 Å². The maximum absolute atomic E-state index is 12.4. The van der Waals surface area contributed by atoms with Crippen molar-refractivity contribution in [3.8, 4) is 0 Å². The molecule has 0 unspecified atom stereocenters. The quantitative estimate of drug-likeness (QED) is 0.706. The summed E-state index contributed by atoms with van der Waals surface area (Å²) in [6.45, 7) is 1.83. The van der Waals surface area contributed by atoms with Crippen LogP contribution in [0.5, 0.6) is 0 Å². The molecule has 0 aliphatic heterocycles. The van der Waals surface area contributed by atoms with Crippen LogP contribution in [0.3, 0.4) is 0 Å². The van der Waals surface area contributed by atoms with E-state index in [0.717, 1.165) is 12.0 Å². The van der Waals surface area contributed by atoms with E-state index < -0.39 is 23.9 Å². The summed E-state index contributed by atoms with van der Waals surface area (Å²) >= 11 is 1.62. The van der Waals surface area contributed by atoms with Gasteiger partial charge >= 0.3 is 0 Å². The third-order valence-electron chi connectivity index (χ3n) is 4.52. The first-order valence-corrected chi connectivity index (χ1v) is 9.52. The predicted octanol–water partition coefficient (Wildman–Crippen LogP) is 2.58. The molecule has 1 aromatic heterocycles. The molecule has 5 nitrogen and oxygen atoms in total. The van der Waals surface area contributed by atoms with Crippen LogP contribution in [0.4, 0.5) is 0 Å². The summed E-state index contributed by atoms with van der Waals surface area (Å²) in [7, 11) is 1.55. The van der Waals surface area contributed by atoms with E-state index in [0.29, 0.717) is 6.42 Å². The Kier molecular flexibility index (Phi) is 7.50. The average molecular weight is 375 g/mol. The lowest BCUT2D eigenvalue weighted by atomic mass is 10.0. The molecule has 6 heteroatoms. The van der Waals surface area contributed by atoms with E-state index in [4.69, 9.17) is 0 Å². The largest absolute Gasteiger partial charge is 0.382 e. The number of nitrogens with zero attached hydrogens (tertiary/aromatic N) is 1. The molecule has 0 aliphatic rings. The van der Waals surface area contributed by atoms with Crippen LogP contribution >= 0.6 is 11.3 Å². The number of aliphatic hydroxyl groups is 2. The van der Waals surface area contributed by atoms with Crippen LogP contribution in [0.25, 0.3) is 0 Å². The van der Waals surface area contributed by atoms with Crippen LogP contribution in [0.15, 0.2) is 47.8 Å². The Morgan fingerprint density at radius 3 is 2.38 bits per heavy atom. The lowest BCUT2D eigenvalue weighted by Crippen LogP contribution is -2.47. The Bertz CT molecular complexity index is 702. The lowest BCUT2D eigenvalue weighted by Gasteiger charge is -2.28. The van der Waals surface area contributed by atoms with Gasteiger partial charge in [-0.05, 0) is 36.8 Å². The molecule has 0 fully saturated rings. The summed E-state index contributed by atoms with van der Waals surface area (Å²) in [6.07, 6.45) is -2.00. The summed E-state index contributed by atoms with van der Waals surface area (Å²) in [5.74, 6) is -1.18.